The molecule has 0 radical (unpaired) electrons. The van der Waals surface area contributed by atoms with Crippen molar-refractivity contribution in [3.05, 3.63) is 28.8 Å². The van der Waals surface area contributed by atoms with Gasteiger partial charge >= 0.3 is 5.97 Å². The summed E-state index contributed by atoms with van der Waals surface area (Å²) >= 11 is 5.98. The van der Waals surface area contributed by atoms with Gasteiger partial charge in [-0.1, -0.05) is 11.6 Å². The first-order valence-corrected chi connectivity index (χ1v) is 8.94. The number of carbonyl (C=O) groups is 1. The molecule has 1 aliphatic heterocycles. The van der Waals surface area contributed by atoms with E-state index in [1.165, 1.54) is 4.90 Å². The molecule has 0 aromatic heterocycles. The normalized spacial score (nSPS) is 22.0. The van der Waals surface area contributed by atoms with Crippen LogP contribution in [-0.4, -0.2) is 50.0 Å². The molecule has 2 N–H and O–H groups in total. The second-order valence-electron chi connectivity index (χ2n) is 6.36. The third-order valence-corrected chi connectivity index (χ3v) is 4.83. The standard InChI is InChI=1S/C18H26ClNO4/c1-3-23-18(22)14-6-8-20(9-7-14)11-15(21)12-24-16-4-5-17(19)13(2)10-16/h4-5,10,14-15,21H,3,6-9,11-12H2,1-2H3/p+1/t15-/m1/s1. The molecule has 0 saturated carbocycles. The highest BCUT2D eigenvalue weighted by Gasteiger charge is 2.29. The number of rotatable bonds is 7. The molecule has 24 heavy (non-hydrogen) atoms. The summed E-state index contributed by atoms with van der Waals surface area (Å²) in [6, 6.07) is 5.47. The van der Waals surface area contributed by atoms with Crippen molar-refractivity contribution in [1.29, 1.82) is 0 Å². The Labute approximate surface area is 148 Å². The Balaban J connectivity index is 1.70. The summed E-state index contributed by atoms with van der Waals surface area (Å²) in [7, 11) is 0. The summed E-state index contributed by atoms with van der Waals surface area (Å²) in [4.78, 5) is 13.0. The number of piperidine rings is 1. The van der Waals surface area contributed by atoms with Gasteiger partial charge in [-0.2, -0.15) is 0 Å². The lowest BCUT2D eigenvalue weighted by atomic mass is 9.97. The SMILES string of the molecule is CCOC(=O)C1CC[NH+](C[C@@H](O)COc2ccc(Cl)c(C)c2)CC1. The Morgan fingerprint density at radius 2 is 2.12 bits per heavy atom. The number of nitrogens with one attached hydrogen (secondary N) is 1. The molecule has 0 aliphatic carbocycles. The number of aliphatic hydroxyl groups is 1. The molecule has 1 aromatic carbocycles. The van der Waals surface area contributed by atoms with Crippen molar-refractivity contribution in [2.75, 3.05) is 32.8 Å². The van der Waals surface area contributed by atoms with Crippen molar-refractivity contribution in [2.45, 2.75) is 32.8 Å². The van der Waals surface area contributed by atoms with Gasteiger partial charge in [-0.25, -0.2) is 0 Å². The van der Waals surface area contributed by atoms with Crippen LogP contribution in [0.25, 0.3) is 0 Å². The zero-order valence-electron chi connectivity index (χ0n) is 14.4. The number of carbonyl (C=O) groups excluding carboxylic acids is 1. The van der Waals surface area contributed by atoms with Gasteiger partial charge in [-0.15, -0.1) is 0 Å². The van der Waals surface area contributed by atoms with Crippen LogP contribution < -0.4 is 9.64 Å². The number of esters is 1. The second kappa shape index (κ2) is 9.25. The number of aryl methyl sites for hydroxylation is 1. The van der Waals surface area contributed by atoms with Gasteiger partial charge in [-0.05, 0) is 37.6 Å². The van der Waals surface area contributed by atoms with Crippen molar-refractivity contribution in [3.63, 3.8) is 0 Å². The molecule has 0 unspecified atom stereocenters. The van der Waals surface area contributed by atoms with Crippen LogP contribution in [0.5, 0.6) is 5.75 Å². The van der Waals surface area contributed by atoms with Crippen LogP contribution in [0.3, 0.4) is 0 Å². The molecule has 1 aliphatic rings. The van der Waals surface area contributed by atoms with Crippen LogP contribution in [-0.2, 0) is 9.53 Å². The smallest absolute Gasteiger partial charge is 0.309 e. The summed E-state index contributed by atoms with van der Waals surface area (Å²) in [6.07, 6.45) is 1.10. The average Bonchev–Trinajstić information content (AvgIpc) is 2.57. The Morgan fingerprint density at radius 1 is 1.42 bits per heavy atom. The Bertz CT molecular complexity index is 544. The minimum Gasteiger partial charge on any atom is -0.491 e. The maximum absolute atomic E-state index is 11.7. The van der Waals surface area contributed by atoms with Crippen LogP contribution in [0.4, 0.5) is 0 Å². The molecule has 2 rings (SSSR count). The maximum Gasteiger partial charge on any atom is 0.309 e. The number of hydrogen-bond donors (Lipinski definition) is 2. The molecule has 0 spiro atoms. The Morgan fingerprint density at radius 3 is 2.75 bits per heavy atom. The topological polar surface area (TPSA) is 60.2 Å². The lowest BCUT2D eigenvalue weighted by Crippen LogP contribution is -3.14. The largest absolute Gasteiger partial charge is 0.491 e. The van der Waals surface area contributed by atoms with Crippen molar-refractivity contribution in [1.82, 2.24) is 0 Å². The zero-order chi connectivity index (χ0) is 17.5. The van der Waals surface area contributed by atoms with Gasteiger partial charge in [-0.3, -0.25) is 4.79 Å². The van der Waals surface area contributed by atoms with E-state index in [4.69, 9.17) is 21.1 Å². The number of likely N-dealkylation sites (tertiary alicyclic amines) is 1. The number of hydrogen-bond acceptors (Lipinski definition) is 4. The van der Waals surface area contributed by atoms with Crippen LogP contribution in [0.15, 0.2) is 18.2 Å². The molecular formula is C18H27ClNO4+. The minimum absolute atomic E-state index is 0.0131. The third kappa shape index (κ3) is 5.65. The van der Waals surface area contributed by atoms with E-state index in [1.807, 2.05) is 19.9 Å². The molecule has 1 saturated heterocycles. The minimum atomic E-state index is -0.532. The average molecular weight is 357 g/mol. The molecule has 1 heterocycles. The molecule has 1 aromatic rings. The fourth-order valence-electron chi connectivity index (χ4n) is 3.02. The highest BCUT2D eigenvalue weighted by atomic mass is 35.5. The Kier molecular flexibility index (Phi) is 7.34. The van der Waals surface area contributed by atoms with E-state index < -0.39 is 6.10 Å². The highest BCUT2D eigenvalue weighted by Crippen LogP contribution is 2.21. The fraction of sp³-hybridized carbons (Fsp3) is 0.611. The van der Waals surface area contributed by atoms with Crippen molar-refractivity contribution < 1.29 is 24.3 Å². The zero-order valence-corrected chi connectivity index (χ0v) is 15.1. The van der Waals surface area contributed by atoms with Crippen LogP contribution in [0.2, 0.25) is 5.02 Å². The first-order valence-electron chi connectivity index (χ1n) is 8.56. The molecular weight excluding hydrogens is 330 g/mol. The molecule has 0 amide bonds. The van der Waals surface area contributed by atoms with E-state index in [1.54, 1.807) is 12.1 Å². The number of aliphatic hydroxyl groups excluding tert-OH is 1. The molecule has 0 bridgehead atoms. The number of halogens is 1. The fourth-order valence-corrected chi connectivity index (χ4v) is 3.14. The van der Waals surface area contributed by atoms with Crippen molar-refractivity contribution in [2.24, 2.45) is 5.92 Å². The van der Waals surface area contributed by atoms with E-state index in [0.717, 1.165) is 31.5 Å². The summed E-state index contributed by atoms with van der Waals surface area (Å²) in [5.74, 6) is 0.643. The predicted molar refractivity (Wildman–Crippen MR) is 92.6 cm³/mol. The quantitative estimate of drug-likeness (QED) is 0.722. The summed E-state index contributed by atoms with van der Waals surface area (Å²) < 4.78 is 10.7. The first-order chi connectivity index (χ1) is 11.5. The molecule has 134 valence electrons. The van der Waals surface area contributed by atoms with Crippen LogP contribution in [0.1, 0.15) is 25.3 Å². The van der Waals surface area contributed by atoms with Gasteiger partial charge in [0, 0.05) is 17.9 Å². The number of benzene rings is 1. The maximum atomic E-state index is 11.7. The van der Waals surface area contributed by atoms with Gasteiger partial charge in [0.2, 0.25) is 0 Å². The van der Waals surface area contributed by atoms with E-state index in [-0.39, 0.29) is 18.5 Å². The summed E-state index contributed by atoms with van der Waals surface area (Å²) in [5, 5.41) is 10.9. The van der Waals surface area contributed by atoms with E-state index >= 15 is 0 Å². The number of quaternary nitrogens is 1. The monoisotopic (exact) mass is 356 g/mol. The first kappa shape index (κ1) is 19.0. The second-order valence-corrected chi connectivity index (χ2v) is 6.76. The van der Waals surface area contributed by atoms with Crippen LogP contribution in [0, 0.1) is 12.8 Å². The van der Waals surface area contributed by atoms with Crippen LogP contribution >= 0.6 is 11.6 Å². The van der Waals surface area contributed by atoms with Gasteiger partial charge in [0.1, 0.15) is 25.0 Å². The molecule has 1 atom stereocenters. The summed E-state index contributed by atoms with van der Waals surface area (Å²) in [6.45, 7) is 6.82. The predicted octanol–water partition coefficient (Wildman–Crippen LogP) is 1.25. The molecule has 1 fully saturated rings. The van der Waals surface area contributed by atoms with Gasteiger partial charge in [0.05, 0.1) is 25.6 Å². The molecule has 6 heteroatoms. The Hall–Kier alpha value is -1.30. The molecule has 5 nitrogen and oxygen atoms in total. The highest BCUT2D eigenvalue weighted by molar-refractivity contribution is 6.31. The number of ether oxygens (including phenoxy) is 2. The summed E-state index contributed by atoms with van der Waals surface area (Å²) in [5.41, 5.74) is 0.954. The van der Waals surface area contributed by atoms with Gasteiger partial charge in [0.25, 0.3) is 0 Å². The van der Waals surface area contributed by atoms with Gasteiger partial charge < -0.3 is 19.5 Å². The van der Waals surface area contributed by atoms with Crippen molar-refractivity contribution in [3.8, 4) is 5.75 Å². The van der Waals surface area contributed by atoms with Crippen molar-refractivity contribution >= 4 is 17.6 Å². The van der Waals surface area contributed by atoms with Gasteiger partial charge in [0.15, 0.2) is 0 Å². The van der Waals surface area contributed by atoms with E-state index in [9.17, 15) is 9.90 Å². The van der Waals surface area contributed by atoms with E-state index in [2.05, 4.69) is 0 Å². The lowest BCUT2D eigenvalue weighted by Gasteiger charge is -2.29. The van der Waals surface area contributed by atoms with E-state index in [0.29, 0.717) is 23.9 Å². The lowest BCUT2D eigenvalue weighted by molar-refractivity contribution is -0.908. The third-order valence-electron chi connectivity index (χ3n) is 4.41.